The third-order valence-electron chi connectivity index (χ3n) is 5.36. The Bertz CT molecular complexity index is 1110. The van der Waals surface area contributed by atoms with Gasteiger partial charge in [-0.2, -0.15) is 5.10 Å². The molecular weight excluding hydrogens is 434 g/mol. The molecule has 1 unspecified atom stereocenters. The zero-order valence-electron chi connectivity index (χ0n) is 17.4. The molecule has 2 aromatic heterocycles. The highest BCUT2D eigenvalue weighted by Crippen LogP contribution is 2.24. The number of nitrogens with one attached hydrogen (secondary N) is 2. The molecule has 1 aromatic carbocycles. The Kier molecular flexibility index (Phi) is 6.41. The van der Waals surface area contributed by atoms with Crippen LogP contribution in [0.1, 0.15) is 32.5 Å². The lowest BCUT2D eigenvalue weighted by Gasteiger charge is -2.17. The maximum Gasteiger partial charge on any atom is 0.262 e. The number of hydrogen-bond acceptors (Lipinski definition) is 5. The normalized spacial score (nSPS) is 15.1. The minimum atomic E-state index is -0.931. The zero-order chi connectivity index (χ0) is 22.0. The van der Waals surface area contributed by atoms with Gasteiger partial charge >= 0.3 is 0 Å². The number of rotatable bonds is 5. The molecule has 7 nitrogen and oxygen atoms in total. The molecule has 1 aliphatic rings. The van der Waals surface area contributed by atoms with E-state index in [4.69, 9.17) is 11.6 Å². The van der Waals surface area contributed by atoms with Crippen LogP contribution in [-0.2, 0) is 24.7 Å². The van der Waals surface area contributed by atoms with Crippen molar-refractivity contribution in [1.29, 1.82) is 0 Å². The standard InChI is InChI=1S/C22H24ClN5O2S/c1-27-10-7-14-3-4-16(13-15(14)8-11-27)24-22(30)20(17-9-12-28(2)26-17)25-21(29)18-5-6-19(23)31-18/h3-6,9,12-13,20H,7-8,10-11H2,1-2H3,(H,24,30)(H,25,29). The number of amides is 2. The van der Waals surface area contributed by atoms with E-state index in [0.29, 0.717) is 20.6 Å². The number of anilines is 1. The van der Waals surface area contributed by atoms with E-state index in [-0.39, 0.29) is 11.8 Å². The summed E-state index contributed by atoms with van der Waals surface area (Å²) < 4.78 is 2.11. The van der Waals surface area contributed by atoms with Gasteiger partial charge in [0.05, 0.1) is 14.9 Å². The first-order valence-electron chi connectivity index (χ1n) is 10.1. The van der Waals surface area contributed by atoms with Gasteiger partial charge in [-0.1, -0.05) is 17.7 Å². The second-order valence-electron chi connectivity index (χ2n) is 7.70. The van der Waals surface area contributed by atoms with Crippen molar-refractivity contribution in [2.24, 2.45) is 7.05 Å². The van der Waals surface area contributed by atoms with E-state index in [0.717, 1.165) is 37.3 Å². The van der Waals surface area contributed by atoms with Gasteiger partial charge in [0.15, 0.2) is 6.04 Å². The monoisotopic (exact) mass is 457 g/mol. The average Bonchev–Trinajstić information content (AvgIpc) is 3.32. The third kappa shape index (κ3) is 5.15. The summed E-state index contributed by atoms with van der Waals surface area (Å²) in [6.45, 7) is 2.01. The average molecular weight is 458 g/mol. The maximum atomic E-state index is 13.2. The summed E-state index contributed by atoms with van der Waals surface area (Å²) in [5.74, 6) is -0.715. The Morgan fingerprint density at radius 3 is 2.55 bits per heavy atom. The number of thiophene rings is 1. The molecule has 9 heteroatoms. The second kappa shape index (κ2) is 9.21. The number of carbonyl (C=O) groups is 2. The number of hydrogen-bond donors (Lipinski definition) is 2. The summed E-state index contributed by atoms with van der Waals surface area (Å²) in [4.78, 5) is 28.6. The van der Waals surface area contributed by atoms with Crippen molar-refractivity contribution in [1.82, 2.24) is 20.0 Å². The van der Waals surface area contributed by atoms with Crippen LogP contribution in [0.5, 0.6) is 0 Å². The molecule has 1 aliphatic heterocycles. The third-order valence-corrected chi connectivity index (χ3v) is 6.59. The Balaban J connectivity index is 1.54. The van der Waals surface area contributed by atoms with Gasteiger partial charge in [0.2, 0.25) is 0 Å². The van der Waals surface area contributed by atoms with Crippen LogP contribution in [0.3, 0.4) is 0 Å². The summed E-state index contributed by atoms with van der Waals surface area (Å²) in [5.41, 5.74) is 3.73. The minimum Gasteiger partial charge on any atom is -0.334 e. The van der Waals surface area contributed by atoms with Crippen LogP contribution < -0.4 is 10.6 Å². The van der Waals surface area contributed by atoms with Crippen molar-refractivity contribution >= 4 is 40.4 Å². The summed E-state index contributed by atoms with van der Waals surface area (Å²) in [6.07, 6.45) is 3.67. The van der Waals surface area contributed by atoms with Crippen molar-refractivity contribution in [3.05, 3.63) is 68.6 Å². The molecular formula is C22H24ClN5O2S. The summed E-state index contributed by atoms with van der Waals surface area (Å²) in [7, 11) is 3.89. The van der Waals surface area contributed by atoms with Crippen LogP contribution in [0.4, 0.5) is 5.69 Å². The van der Waals surface area contributed by atoms with Gasteiger partial charge in [0.25, 0.3) is 11.8 Å². The van der Waals surface area contributed by atoms with Gasteiger partial charge in [-0.15, -0.1) is 11.3 Å². The number of halogens is 1. The molecule has 2 amide bonds. The Hall–Kier alpha value is -2.68. The smallest absolute Gasteiger partial charge is 0.262 e. The molecule has 0 fully saturated rings. The highest BCUT2D eigenvalue weighted by molar-refractivity contribution is 7.18. The number of aryl methyl sites for hydroxylation is 1. The molecule has 0 radical (unpaired) electrons. The Morgan fingerprint density at radius 2 is 1.87 bits per heavy atom. The van der Waals surface area contributed by atoms with Crippen molar-refractivity contribution in [2.45, 2.75) is 18.9 Å². The van der Waals surface area contributed by atoms with Crippen LogP contribution in [0.2, 0.25) is 4.34 Å². The van der Waals surface area contributed by atoms with Crippen molar-refractivity contribution < 1.29 is 9.59 Å². The van der Waals surface area contributed by atoms with Crippen LogP contribution in [0, 0.1) is 0 Å². The largest absolute Gasteiger partial charge is 0.334 e. The molecule has 0 saturated carbocycles. The highest BCUT2D eigenvalue weighted by atomic mass is 35.5. The van der Waals surface area contributed by atoms with Crippen molar-refractivity contribution in [3.63, 3.8) is 0 Å². The van der Waals surface area contributed by atoms with Gasteiger partial charge in [0.1, 0.15) is 0 Å². The second-order valence-corrected chi connectivity index (χ2v) is 9.42. The maximum absolute atomic E-state index is 13.2. The predicted octanol–water partition coefficient (Wildman–Crippen LogP) is 3.28. The first-order chi connectivity index (χ1) is 14.9. The topological polar surface area (TPSA) is 79.3 Å². The van der Waals surface area contributed by atoms with Gasteiger partial charge in [-0.25, -0.2) is 0 Å². The molecule has 4 rings (SSSR count). The van der Waals surface area contributed by atoms with Gasteiger partial charge in [-0.3, -0.25) is 14.3 Å². The number of benzene rings is 1. The van der Waals surface area contributed by atoms with Crippen LogP contribution >= 0.6 is 22.9 Å². The quantitative estimate of drug-likeness (QED) is 0.616. The molecule has 1 atom stereocenters. The van der Waals surface area contributed by atoms with E-state index in [1.54, 1.807) is 36.1 Å². The highest BCUT2D eigenvalue weighted by Gasteiger charge is 2.26. The number of fused-ring (bicyclic) bond motifs is 1. The van der Waals surface area contributed by atoms with E-state index in [1.807, 2.05) is 12.1 Å². The van der Waals surface area contributed by atoms with Crippen molar-refractivity contribution in [3.8, 4) is 0 Å². The molecule has 31 heavy (non-hydrogen) atoms. The molecule has 0 saturated heterocycles. The van der Waals surface area contributed by atoms with Crippen LogP contribution in [-0.4, -0.2) is 46.6 Å². The lowest BCUT2D eigenvalue weighted by Crippen LogP contribution is -2.37. The van der Waals surface area contributed by atoms with E-state index < -0.39 is 6.04 Å². The van der Waals surface area contributed by atoms with E-state index >= 15 is 0 Å². The Morgan fingerprint density at radius 1 is 1.10 bits per heavy atom. The summed E-state index contributed by atoms with van der Waals surface area (Å²) in [5, 5.41) is 10.1. The number of carbonyl (C=O) groups excluding carboxylic acids is 2. The predicted molar refractivity (Wildman–Crippen MR) is 123 cm³/mol. The number of likely N-dealkylation sites (N-methyl/N-ethyl adjacent to an activating group) is 1. The van der Waals surface area contributed by atoms with E-state index in [1.165, 1.54) is 11.1 Å². The molecule has 3 heterocycles. The molecule has 0 aliphatic carbocycles. The van der Waals surface area contributed by atoms with Crippen molar-refractivity contribution in [2.75, 3.05) is 25.5 Å². The van der Waals surface area contributed by atoms with Crippen LogP contribution in [0.25, 0.3) is 0 Å². The van der Waals surface area contributed by atoms with Gasteiger partial charge < -0.3 is 15.5 Å². The zero-order valence-corrected chi connectivity index (χ0v) is 19.0. The molecule has 0 bridgehead atoms. The molecule has 162 valence electrons. The lowest BCUT2D eigenvalue weighted by atomic mass is 10.0. The molecule has 3 aromatic rings. The minimum absolute atomic E-state index is 0.347. The first-order valence-corrected chi connectivity index (χ1v) is 11.3. The summed E-state index contributed by atoms with van der Waals surface area (Å²) >= 11 is 7.11. The van der Waals surface area contributed by atoms with E-state index in [2.05, 4.69) is 33.7 Å². The fraction of sp³-hybridized carbons (Fsp3) is 0.318. The number of aromatic nitrogens is 2. The van der Waals surface area contributed by atoms with Gasteiger partial charge in [-0.05, 0) is 61.3 Å². The fourth-order valence-electron chi connectivity index (χ4n) is 3.63. The van der Waals surface area contributed by atoms with E-state index in [9.17, 15) is 9.59 Å². The van der Waals surface area contributed by atoms with Crippen LogP contribution in [0.15, 0.2) is 42.6 Å². The lowest BCUT2D eigenvalue weighted by molar-refractivity contribution is -0.118. The number of nitrogens with zero attached hydrogens (tertiary/aromatic N) is 3. The fourth-order valence-corrected chi connectivity index (χ4v) is 4.57. The molecule has 2 N–H and O–H groups in total. The SMILES string of the molecule is CN1CCc2ccc(NC(=O)C(NC(=O)c3ccc(Cl)s3)c3ccn(C)n3)cc2CC1. The Labute approximate surface area is 190 Å². The van der Waals surface area contributed by atoms with Gasteiger partial charge in [0, 0.05) is 32.0 Å². The summed E-state index contributed by atoms with van der Waals surface area (Å²) in [6, 6.07) is 10.1. The first kappa shape index (κ1) is 21.5. The molecule has 0 spiro atoms.